The molecule has 1 aromatic carbocycles. The number of amides is 1. The topological polar surface area (TPSA) is 42.4 Å². The molecule has 21 heavy (non-hydrogen) atoms. The molecule has 1 aromatic heterocycles. The number of carbonyl (C=O) groups excluding carboxylic acids is 1. The lowest BCUT2D eigenvalue weighted by molar-refractivity contribution is -0.133. The Morgan fingerprint density at radius 3 is 2.76 bits per heavy atom. The minimum atomic E-state index is 0.0191. The summed E-state index contributed by atoms with van der Waals surface area (Å²) in [6.07, 6.45) is 3.52. The van der Waals surface area contributed by atoms with E-state index in [9.17, 15) is 4.79 Å². The quantitative estimate of drug-likeness (QED) is 0.871. The molecule has 0 N–H and O–H groups in total. The number of ether oxygens (including phenoxy) is 1. The average molecular weight is 300 g/mol. The largest absolute Gasteiger partial charge is 0.484 e. The minimum absolute atomic E-state index is 0.0191. The Labute approximate surface area is 128 Å². The summed E-state index contributed by atoms with van der Waals surface area (Å²) in [7, 11) is 0. The van der Waals surface area contributed by atoms with Crippen molar-refractivity contribution in [3.8, 4) is 5.75 Å². The van der Waals surface area contributed by atoms with Gasteiger partial charge in [0.25, 0.3) is 5.91 Å². The van der Waals surface area contributed by atoms with Gasteiger partial charge in [0, 0.05) is 24.7 Å². The van der Waals surface area contributed by atoms with Crippen LogP contribution in [-0.2, 0) is 4.79 Å². The Kier molecular flexibility index (Phi) is 4.40. The smallest absolute Gasteiger partial charge is 0.261 e. The van der Waals surface area contributed by atoms with Crippen molar-refractivity contribution >= 4 is 17.7 Å². The zero-order valence-corrected chi connectivity index (χ0v) is 12.3. The van der Waals surface area contributed by atoms with E-state index < -0.39 is 0 Å². The fourth-order valence-corrected chi connectivity index (χ4v) is 3.55. The first kappa shape index (κ1) is 13.9. The van der Waals surface area contributed by atoms with Crippen molar-refractivity contribution in [2.24, 2.45) is 0 Å². The van der Waals surface area contributed by atoms with Crippen molar-refractivity contribution in [3.63, 3.8) is 0 Å². The SMILES string of the molecule is O=C(COc1ccccc1)N1CCS[C@H]1c1ccncc1. The molecule has 1 aliphatic heterocycles. The molecule has 3 rings (SSSR count). The van der Waals surface area contributed by atoms with Gasteiger partial charge < -0.3 is 9.64 Å². The molecule has 2 heterocycles. The number of para-hydroxylation sites is 1. The van der Waals surface area contributed by atoms with Crippen LogP contribution in [0.15, 0.2) is 54.9 Å². The molecule has 0 unspecified atom stereocenters. The van der Waals surface area contributed by atoms with Crippen LogP contribution in [0.25, 0.3) is 0 Å². The number of rotatable bonds is 4. The fraction of sp³-hybridized carbons (Fsp3) is 0.250. The van der Waals surface area contributed by atoms with Crippen molar-refractivity contribution in [2.75, 3.05) is 18.9 Å². The van der Waals surface area contributed by atoms with Crippen LogP contribution in [0.4, 0.5) is 0 Å². The van der Waals surface area contributed by atoms with Crippen LogP contribution in [0.5, 0.6) is 5.75 Å². The number of thioether (sulfide) groups is 1. The summed E-state index contributed by atoms with van der Waals surface area (Å²) in [5, 5.41) is 0.0693. The monoisotopic (exact) mass is 300 g/mol. The summed E-state index contributed by atoms with van der Waals surface area (Å²) < 4.78 is 5.55. The fourth-order valence-electron chi connectivity index (χ4n) is 2.27. The van der Waals surface area contributed by atoms with E-state index >= 15 is 0 Å². The summed E-state index contributed by atoms with van der Waals surface area (Å²) in [5.41, 5.74) is 1.11. The molecule has 0 aliphatic carbocycles. The normalized spacial score (nSPS) is 17.7. The van der Waals surface area contributed by atoms with Crippen LogP contribution < -0.4 is 4.74 Å². The first-order valence-electron chi connectivity index (χ1n) is 6.83. The number of aromatic nitrogens is 1. The number of nitrogens with zero attached hydrogens (tertiary/aromatic N) is 2. The molecule has 1 saturated heterocycles. The summed E-state index contributed by atoms with van der Waals surface area (Å²) in [4.78, 5) is 18.3. The maximum absolute atomic E-state index is 12.4. The highest BCUT2D eigenvalue weighted by Gasteiger charge is 2.30. The lowest BCUT2D eigenvalue weighted by Gasteiger charge is -2.24. The van der Waals surface area contributed by atoms with Gasteiger partial charge in [-0.3, -0.25) is 9.78 Å². The van der Waals surface area contributed by atoms with Crippen molar-refractivity contribution in [3.05, 3.63) is 60.4 Å². The zero-order chi connectivity index (χ0) is 14.5. The van der Waals surface area contributed by atoms with Gasteiger partial charge in [0.1, 0.15) is 11.1 Å². The van der Waals surface area contributed by atoms with Gasteiger partial charge in [0.15, 0.2) is 6.61 Å². The van der Waals surface area contributed by atoms with Crippen LogP contribution in [0.2, 0.25) is 0 Å². The second kappa shape index (κ2) is 6.63. The first-order chi connectivity index (χ1) is 10.3. The van der Waals surface area contributed by atoms with E-state index in [4.69, 9.17) is 4.74 Å². The Bertz CT molecular complexity index is 592. The third-order valence-corrected chi connectivity index (χ3v) is 4.57. The molecular formula is C16H16N2O2S. The molecule has 1 aliphatic rings. The number of hydrogen-bond donors (Lipinski definition) is 0. The Morgan fingerprint density at radius 1 is 1.24 bits per heavy atom. The molecule has 0 saturated carbocycles. The maximum Gasteiger partial charge on any atom is 0.261 e. The highest BCUT2D eigenvalue weighted by atomic mass is 32.2. The van der Waals surface area contributed by atoms with Gasteiger partial charge in [-0.25, -0.2) is 0 Å². The Hall–Kier alpha value is -2.01. The Morgan fingerprint density at radius 2 is 2.00 bits per heavy atom. The van der Waals surface area contributed by atoms with Crippen LogP contribution in [-0.4, -0.2) is 34.7 Å². The second-order valence-corrected chi connectivity index (χ2v) is 5.88. The van der Waals surface area contributed by atoms with Gasteiger partial charge in [-0.05, 0) is 29.8 Å². The number of hydrogen-bond acceptors (Lipinski definition) is 4. The van der Waals surface area contributed by atoms with Gasteiger partial charge in [-0.2, -0.15) is 0 Å². The lowest BCUT2D eigenvalue weighted by Crippen LogP contribution is -2.34. The second-order valence-electron chi connectivity index (χ2n) is 4.69. The molecule has 2 aromatic rings. The minimum Gasteiger partial charge on any atom is -0.484 e. The van der Waals surface area contributed by atoms with E-state index in [2.05, 4.69) is 4.98 Å². The highest BCUT2D eigenvalue weighted by Crippen LogP contribution is 2.37. The van der Waals surface area contributed by atoms with Gasteiger partial charge in [0.2, 0.25) is 0 Å². The zero-order valence-electron chi connectivity index (χ0n) is 11.5. The number of carbonyl (C=O) groups is 1. The molecule has 4 nitrogen and oxygen atoms in total. The predicted octanol–water partition coefficient (Wildman–Crippen LogP) is 2.73. The van der Waals surface area contributed by atoms with Crippen molar-refractivity contribution in [1.29, 1.82) is 0 Å². The summed E-state index contributed by atoms with van der Waals surface area (Å²) in [5.74, 6) is 1.69. The van der Waals surface area contributed by atoms with Gasteiger partial charge in [-0.15, -0.1) is 11.8 Å². The van der Waals surface area contributed by atoms with Gasteiger partial charge in [-0.1, -0.05) is 18.2 Å². The van der Waals surface area contributed by atoms with Crippen molar-refractivity contribution < 1.29 is 9.53 Å². The average Bonchev–Trinajstić information content (AvgIpc) is 3.04. The summed E-state index contributed by atoms with van der Waals surface area (Å²) >= 11 is 1.78. The van der Waals surface area contributed by atoms with Crippen LogP contribution >= 0.6 is 11.8 Å². The van der Waals surface area contributed by atoms with E-state index in [1.807, 2.05) is 47.4 Å². The van der Waals surface area contributed by atoms with Crippen LogP contribution in [0, 0.1) is 0 Å². The van der Waals surface area contributed by atoms with E-state index in [-0.39, 0.29) is 17.9 Å². The number of benzene rings is 1. The molecule has 1 amide bonds. The van der Waals surface area contributed by atoms with Crippen molar-refractivity contribution in [2.45, 2.75) is 5.37 Å². The maximum atomic E-state index is 12.4. The summed E-state index contributed by atoms with van der Waals surface area (Å²) in [6, 6.07) is 13.3. The predicted molar refractivity (Wildman–Crippen MR) is 83.1 cm³/mol. The molecule has 0 spiro atoms. The van der Waals surface area contributed by atoms with Crippen molar-refractivity contribution in [1.82, 2.24) is 9.88 Å². The molecular weight excluding hydrogens is 284 g/mol. The molecule has 0 bridgehead atoms. The molecule has 5 heteroatoms. The van der Waals surface area contributed by atoms with Crippen LogP contribution in [0.3, 0.4) is 0 Å². The van der Waals surface area contributed by atoms with E-state index in [1.165, 1.54) is 0 Å². The van der Waals surface area contributed by atoms with Crippen LogP contribution in [0.1, 0.15) is 10.9 Å². The van der Waals surface area contributed by atoms with E-state index in [1.54, 1.807) is 24.2 Å². The number of pyridine rings is 1. The highest BCUT2D eigenvalue weighted by molar-refractivity contribution is 7.99. The van der Waals surface area contributed by atoms with Gasteiger partial charge in [0.05, 0.1) is 0 Å². The third-order valence-electron chi connectivity index (χ3n) is 3.31. The lowest BCUT2D eigenvalue weighted by atomic mass is 10.2. The van der Waals surface area contributed by atoms with Gasteiger partial charge >= 0.3 is 0 Å². The first-order valence-corrected chi connectivity index (χ1v) is 7.88. The standard InChI is InChI=1S/C16H16N2O2S/c19-15(12-20-14-4-2-1-3-5-14)18-10-11-21-16(18)13-6-8-17-9-7-13/h1-9,16H,10-12H2/t16-/m0/s1. The molecule has 0 radical (unpaired) electrons. The molecule has 1 fully saturated rings. The van der Waals surface area contributed by atoms with E-state index in [0.717, 1.165) is 23.6 Å². The molecule has 1 atom stereocenters. The third kappa shape index (κ3) is 3.36. The summed E-state index contributed by atoms with van der Waals surface area (Å²) in [6.45, 7) is 0.834. The Balaban J connectivity index is 1.64. The molecule has 108 valence electrons. The van der Waals surface area contributed by atoms with E-state index in [0.29, 0.717) is 0 Å².